The van der Waals surface area contributed by atoms with Crippen LogP contribution in [0.2, 0.25) is 5.15 Å². The molecule has 0 bridgehead atoms. The summed E-state index contributed by atoms with van der Waals surface area (Å²) in [6, 6.07) is 7.76. The highest BCUT2D eigenvalue weighted by Gasteiger charge is 2.10. The predicted molar refractivity (Wildman–Crippen MR) is 68.4 cm³/mol. The van der Waals surface area contributed by atoms with Crippen LogP contribution in [-0.4, -0.2) is 17.1 Å². The van der Waals surface area contributed by atoms with Gasteiger partial charge in [-0.2, -0.15) is 0 Å². The van der Waals surface area contributed by atoms with Crippen LogP contribution in [0.25, 0.3) is 11.3 Å². The van der Waals surface area contributed by atoms with E-state index in [2.05, 4.69) is 9.97 Å². The van der Waals surface area contributed by atoms with Crippen molar-refractivity contribution in [1.82, 2.24) is 9.97 Å². The molecule has 0 saturated heterocycles. The molecule has 0 fully saturated rings. The highest BCUT2D eigenvalue weighted by Crippen LogP contribution is 2.28. The molecular formula is C13H13ClN2O. The first-order chi connectivity index (χ1) is 8.26. The number of methoxy groups -OCH3 is 1. The van der Waals surface area contributed by atoms with Crippen LogP contribution in [0.1, 0.15) is 12.5 Å². The first kappa shape index (κ1) is 11.9. The van der Waals surface area contributed by atoms with Crippen LogP contribution < -0.4 is 4.74 Å². The van der Waals surface area contributed by atoms with E-state index in [-0.39, 0.29) is 0 Å². The van der Waals surface area contributed by atoms with E-state index in [0.717, 1.165) is 29.0 Å². The summed E-state index contributed by atoms with van der Waals surface area (Å²) in [6.45, 7) is 2.04. The molecule has 1 heterocycles. The van der Waals surface area contributed by atoms with Crippen molar-refractivity contribution < 1.29 is 4.74 Å². The van der Waals surface area contributed by atoms with Crippen LogP contribution in [0.4, 0.5) is 0 Å². The Labute approximate surface area is 105 Å². The smallest absolute Gasteiger partial charge is 0.136 e. The molecule has 17 heavy (non-hydrogen) atoms. The maximum Gasteiger partial charge on any atom is 0.136 e. The summed E-state index contributed by atoms with van der Waals surface area (Å²) >= 11 is 6.07. The maximum absolute atomic E-state index is 6.07. The van der Waals surface area contributed by atoms with E-state index in [9.17, 15) is 0 Å². The monoisotopic (exact) mass is 248 g/mol. The minimum Gasteiger partial charge on any atom is -0.497 e. The maximum atomic E-state index is 6.07. The molecule has 0 aliphatic heterocycles. The van der Waals surface area contributed by atoms with Crippen LogP contribution in [0, 0.1) is 0 Å². The van der Waals surface area contributed by atoms with E-state index in [4.69, 9.17) is 16.3 Å². The SMILES string of the molecule is CCc1c(Cl)ncnc1-c1cccc(OC)c1. The first-order valence-corrected chi connectivity index (χ1v) is 5.77. The van der Waals surface area contributed by atoms with Gasteiger partial charge in [-0.15, -0.1) is 0 Å². The average molecular weight is 249 g/mol. The van der Waals surface area contributed by atoms with Crippen LogP contribution in [0.3, 0.4) is 0 Å². The Hall–Kier alpha value is -1.61. The molecule has 3 nitrogen and oxygen atoms in total. The summed E-state index contributed by atoms with van der Waals surface area (Å²) in [5, 5.41) is 0.514. The van der Waals surface area contributed by atoms with Gasteiger partial charge in [0.25, 0.3) is 0 Å². The van der Waals surface area contributed by atoms with Gasteiger partial charge in [0.05, 0.1) is 12.8 Å². The third-order valence-corrected chi connectivity index (χ3v) is 2.92. The van der Waals surface area contributed by atoms with Crippen molar-refractivity contribution in [2.45, 2.75) is 13.3 Å². The van der Waals surface area contributed by atoms with Crippen LogP contribution in [-0.2, 0) is 6.42 Å². The Balaban J connectivity index is 2.55. The van der Waals surface area contributed by atoms with Gasteiger partial charge in [-0.1, -0.05) is 30.7 Å². The lowest BCUT2D eigenvalue weighted by Gasteiger charge is -2.09. The number of halogens is 1. The molecule has 0 aliphatic rings. The van der Waals surface area contributed by atoms with Gasteiger partial charge in [0.1, 0.15) is 17.2 Å². The Bertz CT molecular complexity index is 529. The van der Waals surface area contributed by atoms with Crippen molar-refractivity contribution in [2.75, 3.05) is 7.11 Å². The summed E-state index contributed by atoms with van der Waals surface area (Å²) in [4.78, 5) is 8.31. The molecule has 1 aromatic heterocycles. The van der Waals surface area contributed by atoms with E-state index < -0.39 is 0 Å². The van der Waals surface area contributed by atoms with Gasteiger partial charge in [-0.25, -0.2) is 9.97 Å². The number of ether oxygens (including phenoxy) is 1. The molecule has 2 aromatic rings. The van der Waals surface area contributed by atoms with Crippen LogP contribution >= 0.6 is 11.6 Å². The van der Waals surface area contributed by atoms with Crippen molar-refractivity contribution in [3.8, 4) is 17.0 Å². The lowest BCUT2D eigenvalue weighted by molar-refractivity contribution is 0.415. The molecule has 4 heteroatoms. The molecule has 0 N–H and O–H groups in total. The van der Waals surface area contributed by atoms with E-state index in [1.54, 1.807) is 7.11 Å². The van der Waals surface area contributed by atoms with Crippen molar-refractivity contribution in [3.63, 3.8) is 0 Å². The number of nitrogens with zero attached hydrogens (tertiary/aromatic N) is 2. The van der Waals surface area contributed by atoms with Crippen LogP contribution in [0.5, 0.6) is 5.75 Å². The second-order valence-electron chi connectivity index (χ2n) is 3.58. The Morgan fingerprint density at radius 2 is 2.12 bits per heavy atom. The number of hydrogen-bond donors (Lipinski definition) is 0. The summed E-state index contributed by atoms with van der Waals surface area (Å²) in [6.07, 6.45) is 2.28. The summed E-state index contributed by atoms with van der Waals surface area (Å²) in [5.74, 6) is 0.805. The lowest BCUT2D eigenvalue weighted by atomic mass is 10.1. The molecule has 0 spiro atoms. The van der Waals surface area contributed by atoms with E-state index in [1.165, 1.54) is 6.33 Å². The summed E-state index contributed by atoms with van der Waals surface area (Å²) in [7, 11) is 1.65. The number of rotatable bonds is 3. The lowest BCUT2D eigenvalue weighted by Crippen LogP contribution is -1.95. The highest BCUT2D eigenvalue weighted by molar-refractivity contribution is 6.30. The topological polar surface area (TPSA) is 35.0 Å². The van der Waals surface area contributed by atoms with Gasteiger partial charge in [-0.3, -0.25) is 0 Å². The van der Waals surface area contributed by atoms with Gasteiger partial charge in [-0.05, 0) is 18.6 Å². The zero-order valence-corrected chi connectivity index (χ0v) is 10.5. The van der Waals surface area contributed by atoms with Gasteiger partial charge in [0.2, 0.25) is 0 Å². The fourth-order valence-electron chi connectivity index (χ4n) is 1.72. The minimum absolute atomic E-state index is 0.514. The normalized spacial score (nSPS) is 10.3. The largest absolute Gasteiger partial charge is 0.497 e. The zero-order valence-electron chi connectivity index (χ0n) is 9.77. The fraction of sp³-hybridized carbons (Fsp3) is 0.231. The molecule has 0 saturated carbocycles. The van der Waals surface area contributed by atoms with E-state index in [0.29, 0.717) is 5.15 Å². The van der Waals surface area contributed by atoms with Crippen molar-refractivity contribution >= 4 is 11.6 Å². The molecule has 88 valence electrons. The number of aromatic nitrogens is 2. The van der Waals surface area contributed by atoms with Gasteiger partial charge in [0.15, 0.2) is 0 Å². The zero-order chi connectivity index (χ0) is 12.3. The Morgan fingerprint density at radius 1 is 1.29 bits per heavy atom. The van der Waals surface area contributed by atoms with Gasteiger partial charge < -0.3 is 4.74 Å². The summed E-state index contributed by atoms with van der Waals surface area (Å²) in [5.41, 5.74) is 2.82. The first-order valence-electron chi connectivity index (χ1n) is 5.40. The van der Waals surface area contributed by atoms with E-state index in [1.807, 2.05) is 31.2 Å². The molecular weight excluding hydrogens is 236 g/mol. The van der Waals surface area contributed by atoms with Crippen LogP contribution in [0.15, 0.2) is 30.6 Å². The van der Waals surface area contributed by atoms with Crippen molar-refractivity contribution in [1.29, 1.82) is 0 Å². The van der Waals surface area contributed by atoms with Crippen molar-refractivity contribution in [3.05, 3.63) is 41.3 Å². The highest BCUT2D eigenvalue weighted by atomic mass is 35.5. The quantitative estimate of drug-likeness (QED) is 0.782. The van der Waals surface area contributed by atoms with Gasteiger partial charge >= 0.3 is 0 Å². The summed E-state index contributed by atoms with van der Waals surface area (Å²) < 4.78 is 5.20. The average Bonchev–Trinajstić information content (AvgIpc) is 2.38. The Morgan fingerprint density at radius 3 is 2.82 bits per heavy atom. The van der Waals surface area contributed by atoms with E-state index >= 15 is 0 Å². The van der Waals surface area contributed by atoms with Crippen molar-refractivity contribution in [2.24, 2.45) is 0 Å². The Kier molecular flexibility index (Phi) is 3.59. The fourth-order valence-corrected chi connectivity index (χ4v) is 1.99. The molecule has 2 rings (SSSR count). The number of benzene rings is 1. The molecule has 0 amide bonds. The second-order valence-corrected chi connectivity index (χ2v) is 3.94. The number of hydrogen-bond acceptors (Lipinski definition) is 3. The molecule has 0 atom stereocenters. The molecule has 1 aromatic carbocycles. The molecule has 0 aliphatic carbocycles. The predicted octanol–water partition coefficient (Wildman–Crippen LogP) is 3.37. The molecule has 0 unspecified atom stereocenters. The minimum atomic E-state index is 0.514. The molecule has 0 radical (unpaired) electrons. The second kappa shape index (κ2) is 5.15. The third-order valence-electron chi connectivity index (χ3n) is 2.59. The third kappa shape index (κ3) is 2.39. The standard InChI is InChI=1S/C13H13ClN2O/c1-3-11-12(15-8-16-13(11)14)9-5-4-6-10(7-9)17-2/h4-8H,3H2,1-2H3. The van der Waals surface area contributed by atoms with Gasteiger partial charge in [0, 0.05) is 11.1 Å².